The third kappa shape index (κ3) is 6.83. The maximum atomic E-state index is 5.88. The van der Waals surface area contributed by atoms with Gasteiger partial charge in [0, 0.05) is 44.6 Å². The maximum absolute atomic E-state index is 5.88. The summed E-state index contributed by atoms with van der Waals surface area (Å²) in [6.07, 6.45) is 1.81. The molecule has 0 radical (unpaired) electrons. The Morgan fingerprint density at radius 2 is 1.84 bits per heavy atom. The molecule has 0 aliphatic carbocycles. The first-order chi connectivity index (χ1) is 15.2. The lowest BCUT2D eigenvalue weighted by Crippen LogP contribution is -2.36. The molecule has 3 aromatic rings. The number of ether oxygens (including phenoxy) is 2. The summed E-state index contributed by atoms with van der Waals surface area (Å²) in [5, 5.41) is 6.74. The summed E-state index contributed by atoms with van der Waals surface area (Å²) in [5.74, 6) is 1.59. The first kappa shape index (κ1) is 22.3. The predicted octanol–water partition coefficient (Wildman–Crippen LogP) is 3.95. The molecular weight excluding hydrogens is 388 g/mol. The third-order valence-corrected chi connectivity index (χ3v) is 4.79. The second-order valence-electron chi connectivity index (χ2n) is 7.15. The fourth-order valence-electron chi connectivity index (χ4n) is 3.14. The van der Waals surface area contributed by atoms with Gasteiger partial charge in [0.05, 0.1) is 12.3 Å². The van der Waals surface area contributed by atoms with Crippen molar-refractivity contribution in [3.05, 3.63) is 83.6 Å². The van der Waals surface area contributed by atoms with Crippen LogP contribution in [0, 0.1) is 6.92 Å². The third-order valence-electron chi connectivity index (χ3n) is 4.79. The van der Waals surface area contributed by atoms with Gasteiger partial charge < -0.3 is 20.1 Å². The molecule has 0 bridgehead atoms. The van der Waals surface area contributed by atoms with Crippen molar-refractivity contribution >= 4 is 5.96 Å². The van der Waals surface area contributed by atoms with E-state index in [2.05, 4.69) is 57.9 Å². The number of hydrogen-bond donors (Lipinski definition) is 2. The van der Waals surface area contributed by atoms with E-state index < -0.39 is 0 Å². The van der Waals surface area contributed by atoms with E-state index in [1.165, 1.54) is 0 Å². The summed E-state index contributed by atoms with van der Waals surface area (Å²) in [4.78, 5) is 8.77. The van der Waals surface area contributed by atoms with Gasteiger partial charge in [-0.05, 0) is 42.3 Å². The lowest BCUT2D eigenvalue weighted by atomic mass is 10.1. The van der Waals surface area contributed by atoms with E-state index in [1.807, 2.05) is 36.5 Å². The Labute approximate surface area is 184 Å². The Hall–Kier alpha value is -3.38. The summed E-state index contributed by atoms with van der Waals surface area (Å²) < 4.78 is 11.0. The molecule has 1 heterocycles. The molecule has 0 fully saturated rings. The highest BCUT2D eigenvalue weighted by Crippen LogP contribution is 2.20. The minimum Gasteiger partial charge on any atom is -0.491 e. The molecule has 0 unspecified atom stereocenters. The minimum absolute atomic E-state index is 0.520. The number of rotatable bonds is 9. The van der Waals surface area contributed by atoms with Crippen LogP contribution in [0.2, 0.25) is 0 Å². The highest BCUT2D eigenvalue weighted by molar-refractivity contribution is 5.79. The maximum Gasteiger partial charge on any atom is 0.191 e. The number of nitrogens with zero attached hydrogens (tertiary/aromatic N) is 2. The molecule has 0 saturated carbocycles. The van der Waals surface area contributed by atoms with Crippen LogP contribution in [0.25, 0.3) is 11.3 Å². The van der Waals surface area contributed by atoms with Gasteiger partial charge in [0.1, 0.15) is 12.4 Å². The van der Waals surface area contributed by atoms with Crippen molar-refractivity contribution < 1.29 is 9.47 Å². The van der Waals surface area contributed by atoms with Gasteiger partial charge in [0.25, 0.3) is 0 Å². The fourth-order valence-corrected chi connectivity index (χ4v) is 3.14. The van der Waals surface area contributed by atoms with Crippen LogP contribution in [-0.4, -0.2) is 38.3 Å². The van der Waals surface area contributed by atoms with E-state index in [0.29, 0.717) is 26.3 Å². The molecule has 0 atom stereocenters. The summed E-state index contributed by atoms with van der Waals surface area (Å²) in [5.41, 5.74) is 5.45. The number of pyridine rings is 1. The molecule has 0 amide bonds. The molecule has 0 aliphatic rings. The number of hydrogen-bond acceptors (Lipinski definition) is 4. The topological polar surface area (TPSA) is 67.8 Å². The van der Waals surface area contributed by atoms with Gasteiger partial charge in [0.2, 0.25) is 0 Å². The van der Waals surface area contributed by atoms with E-state index in [1.54, 1.807) is 14.2 Å². The molecular formula is C25H30N4O2. The number of aryl methyl sites for hydroxylation is 1. The van der Waals surface area contributed by atoms with Gasteiger partial charge in [-0.3, -0.25) is 9.98 Å². The van der Waals surface area contributed by atoms with E-state index in [0.717, 1.165) is 39.7 Å². The Morgan fingerprint density at radius 3 is 2.61 bits per heavy atom. The molecule has 162 valence electrons. The minimum atomic E-state index is 0.520. The van der Waals surface area contributed by atoms with Crippen LogP contribution in [-0.2, 0) is 17.8 Å². The van der Waals surface area contributed by atoms with Crippen molar-refractivity contribution in [2.45, 2.75) is 20.0 Å². The number of aliphatic imine (C=N–C) groups is 1. The Morgan fingerprint density at radius 1 is 0.968 bits per heavy atom. The predicted molar refractivity (Wildman–Crippen MR) is 125 cm³/mol. The molecule has 0 aliphatic heterocycles. The molecule has 6 nitrogen and oxygen atoms in total. The van der Waals surface area contributed by atoms with Crippen LogP contribution in [0.3, 0.4) is 0 Å². The zero-order chi connectivity index (χ0) is 21.9. The van der Waals surface area contributed by atoms with Crippen LogP contribution < -0.4 is 15.4 Å². The first-order valence-electron chi connectivity index (χ1n) is 10.4. The smallest absolute Gasteiger partial charge is 0.191 e. The van der Waals surface area contributed by atoms with Gasteiger partial charge in [0.15, 0.2) is 5.96 Å². The van der Waals surface area contributed by atoms with Crippen LogP contribution in [0.1, 0.15) is 16.7 Å². The van der Waals surface area contributed by atoms with Crippen molar-refractivity contribution in [3.63, 3.8) is 0 Å². The first-order valence-corrected chi connectivity index (χ1v) is 10.4. The summed E-state index contributed by atoms with van der Waals surface area (Å²) in [7, 11) is 3.44. The zero-order valence-corrected chi connectivity index (χ0v) is 18.4. The van der Waals surface area contributed by atoms with Crippen molar-refractivity contribution in [2.24, 2.45) is 4.99 Å². The van der Waals surface area contributed by atoms with Gasteiger partial charge in [-0.2, -0.15) is 0 Å². The van der Waals surface area contributed by atoms with Crippen LogP contribution >= 0.6 is 0 Å². The number of aromatic nitrogens is 1. The lowest BCUT2D eigenvalue weighted by Gasteiger charge is -2.15. The number of methoxy groups -OCH3 is 1. The second-order valence-corrected chi connectivity index (χ2v) is 7.15. The van der Waals surface area contributed by atoms with Gasteiger partial charge in [-0.15, -0.1) is 0 Å². The van der Waals surface area contributed by atoms with Crippen molar-refractivity contribution in [3.8, 4) is 17.0 Å². The highest BCUT2D eigenvalue weighted by Gasteiger charge is 2.07. The molecule has 0 saturated heterocycles. The molecule has 0 spiro atoms. The normalized spacial score (nSPS) is 11.3. The Bertz CT molecular complexity index is 990. The van der Waals surface area contributed by atoms with Crippen molar-refractivity contribution in [1.82, 2.24) is 15.6 Å². The fraction of sp³-hybridized carbons (Fsp3) is 0.280. The summed E-state index contributed by atoms with van der Waals surface area (Å²) >= 11 is 0. The zero-order valence-electron chi connectivity index (χ0n) is 18.4. The van der Waals surface area contributed by atoms with E-state index >= 15 is 0 Å². The number of guanidine groups is 1. The van der Waals surface area contributed by atoms with Crippen LogP contribution in [0.5, 0.6) is 5.75 Å². The molecule has 31 heavy (non-hydrogen) atoms. The molecule has 2 N–H and O–H groups in total. The van der Waals surface area contributed by atoms with Crippen molar-refractivity contribution in [2.75, 3.05) is 27.4 Å². The summed E-state index contributed by atoms with van der Waals surface area (Å²) in [6.45, 7) is 4.40. The molecule has 1 aromatic heterocycles. The van der Waals surface area contributed by atoms with Crippen molar-refractivity contribution in [1.29, 1.82) is 0 Å². The molecule has 6 heteroatoms. The molecule has 3 rings (SSSR count). The quantitative estimate of drug-likeness (QED) is 0.313. The number of nitrogens with one attached hydrogen (secondary N) is 2. The SMILES string of the molecule is CN=C(NCc1cccc(-c2ccccn2)c1)NCc1ccc(C)cc1OCCOC. The second kappa shape index (κ2) is 11.7. The van der Waals surface area contributed by atoms with Gasteiger partial charge in [-0.25, -0.2) is 0 Å². The largest absolute Gasteiger partial charge is 0.491 e. The van der Waals surface area contributed by atoms with Gasteiger partial charge in [-0.1, -0.05) is 36.4 Å². The highest BCUT2D eigenvalue weighted by atomic mass is 16.5. The Balaban J connectivity index is 1.58. The van der Waals surface area contributed by atoms with E-state index in [4.69, 9.17) is 9.47 Å². The van der Waals surface area contributed by atoms with Crippen LogP contribution in [0.4, 0.5) is 0 Å². The monoisotopic (exact) mass is 418 g/mol. The average Bonchev–Trinajstić information content (AvgIpc) is 2.81. The lowest BCUT2D eigenvalue weighted by molar-refractivity contribution is 0.145. The average molecular weight is 419 g/mol. The molecule has 2 aromatic carbocycles. The van der Waals surface area contributed by atoms with Crippen LogP contribution in [0.15, 0.2) is 71.9 Å². The van der Waals surface area contributed by atoms with Gasteiger partial charge >= 0.3 is 0 Å². The van der Waals surface area contributed by atoms with E-state index in [9.17, 15) is 0 Å². The summed E-state index contributed by atoms with van der Waals surface area (Å²) in [6, 6.07) is 20.5. The Kier molecular flexibility index (Phi) is 8.43. The number of benzene rings is 2. The van der Waals surface area contributed by atoms with E-state index in [-0.39, 0.29) is 0 Å². The standard InChI is InChI=1S/C25H30N4O2/c1-19-10-11-22(24(15-19)31-14-13-30-3)18-29-25(26-2)28-17-20-7-6-8-21(16-20)23-9-4-5-12-27-23/h4-12,15-16H,13-14,17-18H2,1-3H3,(H2,26,28,29).